The van der Waals surface area contributed by atoms with Gasteiger partial charge in [0.2, 0.25) is 0 Å². The molecule has 1 aromatic heterocycles. The molecule has 0 radical (unpaired) electrons. The molecule has 0 unspecified atom stereocenters. The Bertz CT molecular complexity index is 566. The number of nitrogens with zero attached hydrogens (tertiary/aromatic N) is 1. The Balaban J connectivity index is 2.04. The Kier molecular flexibility index (Phi) is 3.57. The van der Waals surface area contributed by atoms with Gasteiger partial charge in [-0.05, 0) is 24.6 Å². The van der Waals surface area contributed by atoms with Gasteiger partial charge in [-0.2, -0.15) is 0 Å². The zero-order valence-corrected chi connectivity index (χ0v) is 10.4. The Morgan fingerprint density at radius 3 is 2.67 bits per heavy atom. The van der Waals surface area contributed by atoms with Crippen LogP contribution in [0.25, 0.3) is 0 Å². The molecule has 18 heavy (non-hydrogen) atoms. The van der Waals surface area contributed by atoms with E-state index in [1.807, 2.05) is 0 Å². The largest absolute Gasteiger partial charge is 0.477 e. The Morgan fingerprint density at radius 2 is 2.11 bits per heavy atom. The number of carboxylic acid groups (broad SMARTS) is 1. The monoisotopic (exact) mass is 266 g/mol. The molecule has 1 heterocycles. The second kappa shape index (κ2) is 5.14. The summed E-state index contributed by atoms with van der Waals surface area (Å²) in [5, 5.41) is 12.5. The van der Waals surface area contributed by atoms with Crippen LogP contribution in [-0.2, 0) is 6.54 Å². The van der Waals surface area contributed by atoms with Crippen LogP contribution in [-0.4, -0.2) is 16.1 Å². The summed E-state index contributed by atoms with van der Waals surface area (Å²) in [4.78, 5) is 15.2. The number of aromatic carboxylic acids is 1. The zero-order valence-electron chi connectivity index (χ0n) is 9.61. The molecule has 1 aromatic carbocycles. The molecular weight excluding hydrogens is 255 g/mol. The van der Waals surface area contributed by atoms with E-state index in [9.17, 15) is 9.18 Å². The van der Waals surface area contributed by atoms with Crippen molar-refractivity contribution < 1.29 is 14.3 Å². The highest BCUT2D eigenvalue weighted by Gasteiger charge is 2.13. The van der Waals surface area contributed by atoms with Gasteiger partial charge in [-0.15, -0.1) is 0 Å². The molecule has 0 aliphatic rings. The fraction of sp³-hybridized carbons (Fsp3) is 0.167. The number of aryl methyl sites for hydroxylation is 1. The number of aromatic nitrogens is 1. The van der Waals surface area contributed by atoms with Gasteiger partial charge in [0.05, 0.1) is 5.69 Å². The molecule has 0 saturated carbocycles. The van der Waals surface area contributed by atoms with Crippen molar-refractivity contribution in [1.29, 1.82) is 0 Å². The lowest BCUT2D eigenvalue weighted by atomic mass is 10.2. The first-order valence-electron chi connectivity index (χ1n) is 5.25. The van der Waals surface area contributed by atoms with Gasteiger partial charge in [-0.1, -0.05) is 23.5 Å². The maximum absolute atomic E-state index is 12.7. The number of halogens is 1. The maximum Gasteiger partial charge on any atom is 0.347 e. The van der Waals surface area contributed by atoms with Gasteiger partial charge in [-0.3, -0.25) is 0 Å². The number of anilines is 1. The van der Waals surface area contributed by atoms with Crippen molar-refractivity contribution in [2.45, 2.75) is 13.5 Å². The average Bonchev–Trinajstić information content (AvgIpc) is 2.70. The van der Waals surface area contributed by atoms with Crippen molar-refractivity contribution in [1.82, 2.24) is 4.98 Å². The van der Waals surface area contributed by atoms with Crippen molar-refractivity contribution in [2.24, 2.45) is 0 Å². The number of carbonyl (C=O) groups is 1. The number of nitrogens with one attached hydrogen (secondary N) is 1. The Labute approximate surface area is 107 Å². The summed E-state index contributed by atoms with van der Waals surface area (Å²) in [6.07, 6.45) is 0. The molecule has 0 spiro atoms. The first-order chi connectivity index (χ1) is 8.56. The summed E-state index contributed by atoms with van der Waals surface area (Å²) >= 11 is 1.09. The van der Waals surface area contributed by atoms with E-state index in [0.717, 1.165) is 16.9 Å². The van der Waals surface area contributed by atoms with Crippen LogP contribution >= 0.6 is 11.3 Å². The normalized spacial score (nSPS) is 10.3. The van der Waals surface area contributed by atoms with Gasteiger partial charge in [0, 0.05) is 6.54 Å². The number of rotatable bonds is 4. The molecule has 0 fully saturated rings. The molecule has 0 atom stereocenters. The number of hydrogen-bond acceptors (Lipinski definition) is 4. The molecule has 2 N–H and O–H groups in total. The molecule has 6 heteroatoms. The fourth-order valence-electron chi connectivity index (χ4n) is 1.45. The van der Waals surface area contributed by atoms with Crippen molar-refractivity contribution in [3.8, 4) is 0 Å². The van der Waals surface area contributed by atoms with Crippen molar-refractivity contribution in [2.75, 3.05) is 5.32 Å². The number of carboxylic acids is 1. The van der Waals surface area contributed by atoms with Crippen LogP contribution in [0.15, 0.2) is 24.3 Å². The van der Waals surface area contributed by atoms with E-state index < -0.39 is 5.97 Å². The summed E-state index contributed by atoms with van der Waals surface area (Å²) < 4.78 is 12.7. The molecule has 0 aliphatic heterocycles. The van der Waals surface area contributed by atoms with Crippen molar-refractivity contribution in [3.05, 3.63) is 46.2 Å². The summed E-state index contributed by atoms with van der Waals surface area (Å²) in [6.45, 7) is 2.13. The van der Waals surface area contributed by atoms with E-state index in [1.165, 1.54) is 12.1 Å². The first-order valence-corrected chi connectivity index (χ1v) is 6.07. The highest BCUT2D eigenvalue weighted by atomic mass is 32.1. The highest BCUT2D eigenvalue weighted by molar-refractivity contribution is 7.17. The summed E-state index contributed by atoms with van der Waals surface area (Å²) in [7, 11) is 0. The van der Waals surface area contributed by atoms with Gasteiger partial charge < -0.3 is 10.4 Å². The lowest BCUT2D eigenvalue weighted by Gasteiger charge is -2.02. The van der Waals surface area contributed by atoms with Crippen LogP contribution in [0.4, 0.5) is 9.52 Å². The quantitative estimate of drug-likeness (QED) is 0.893. The highest BCUT2D eigenvalue weighted by Crippen LogP contribution is 2.22. The molecule has 2 rings (SSSR count). The minimum atomic E-state index is -0.972. The second-order valence-corrected chi connectivity index (χ2v) is 4.72. The number of thiazole rings is 1. The molecule has 0 aliphatic carbocycles. The van der Waals surface area contributed by atoms with Gasteiger partial charge in [0.1, 0.15) is 10.7 Å². The smallest absolute Gasteiger partial charge is 0.347 e. The fourth-order valence-corrected chi connectivity index (χ4v) is 2.25. The Hall–Kier alpha value is -1.95. The van der Waals surface area contributed by atoms with Crippen LogP contribution in [0.2, 0.25) is 0 Å². The van der Waals surface area contributed by atoms with Crippen LogP contribution in [0.1, 0.15) is 20.9 Å². The van der Waals surface area contributed by atoms with E-state index in [2.05, 4.69) is 10.3 Å². The van der Waals surface area contributed by atoms with E-state index in [0.29, 0.717) is 17.4 Å². The molecule has 0 bridgehead atoms. The lowest BCUT2D eigenvalue weighted by Crippen LogP contribution is -1.98. The molecule has 0 amide bonds. The SMILES string of the molecule is Cc1nc(NCc2ccc(F)cc2)sc1C(=O)O. The maximum atomic E-state index is 12.7. The van der Waals surface area contributed by atoms with Crippen LogP contribution in [0.5, 0.6) is 0 Å². The third kappa shape index (κ3) is 2.84. The average molecular weight is 266 g/mol. The summed E-state index contributed by atoms with van der Waals surface area (Å²) in [5.41, 5.74) is 1.40. The van der Waals surface area contributed by atoms with Crippen LogP contribution in [0.3, 0.4) is 0 Å². The molecule has 2 aromatic rings. The first kappa shape index (κ1) is 12.5. The minimum absolute atomic E-state index is 0.233. The van der Waals surface area contributed by atoms with Crippen molar-refractivity contribution >= 4 is 22.4 Å². The van der Waals surface area contributed by atoms with Gasteiger partial charge in [0.25, 0.3) is 0 Å². The van der Waals surface area contributed by atoms with Gasteiger partial charge in [-0.25, -0.2) is 14.2 Å². The van der Waals surface area contributed by atoms with E-state index in [4.69, 9.17) is 5.11 Å². The van der Waals surface area contributed by atoms with Gasteiger partial charge in [0.15, 0.2) is 5.13 Å². The third-order valence-corrected chi connectivity index (χ3v) is 3.45. The molecule has 4 nitrogen and oxygen atoms in total. The van der Waals surface area contributed by atoms with Gasteiger partial charge >= 0.3 is 5.97 Å². The topological polar surface area (TPSA) is 62.2 Å². The molecule has 94 valence electrons. The van der Waals surface area contributed by atoms with Crippen LogP contribution < -0.4 is 5.32 Å². The molecular formula is C12H11FN2O2S. The summed E-state index contributed by atoms with van der Waals surface area (Å²) in [5.74, 6) is -1.25. The Morgan fingerprint density at radius 1 is 1.44 bits per heavy atom. The summed E-state index contributed by atoms with van der Waals surface area (Å²) in [6, 6.07) is 6.10. The van der Waals surface area contributed by atoms with E-state index in [-0.39, 0.29) is 10.7 Å². The predicted molar refractivity (Wildman–Crippen MR) is 67.5 cm³/mol. The van der Waals surface area contributed by atoms with Crippen molar-refractivity contribution in [3.63, 3.8) is 0 Å². The predicted octanol–water partition coefficient (Wildman–Crippen LogP) is 2.90. The van der Waals surface area contributed by atoms with E-state index >= 15 is 0 Å². The number of hydrogen-bond donors (Lipinski definition) is 2. The third-order valence-electron chi connectivity index (χ3n) is 2.35. The van der Waals surface area contributed by atoms with Crippen LogP contribution in [0, 0.1) is 12.7 Å². The molecule has 0 saturated heterocycles. The zero-order chi connectivity index (χ0) is 13.1. The minimum Gasteiger partial charge on any atom is -0.477 e. The second-order valence-electron chi connectivity index (χ2n) is 3.72. The standard InChI is InChI=1S/C12H11FN2O2S/c1-7-10(11(16)17)18-12(15-7)14-6-8-2-4-9(13)5-3-8/h2-5H,6H2,1H3,(H,14,15)(H,16,17). The van der Waals surface area contributed by atoms with E-state index in [1.54, 1.807) is 19.1 Å². The lowest BCUT2D eigenvalue weighted by molar-refractivity contribution is 0.0701. The number of benzene rings is 1.